The van der Waals surface area contributed by atoms with Crippen LogP contribution in [0, 0.1) is 11.8 Å². The fourth-order valence-electron chi connectivity index (χ4n) is 3.28. The summed E-state index contributed by atoms with van der Waals surface area (Å²) in [6.07, 6.45) is 6.05. The Balaban J connectivity index is 0.000000326. The van der Waals surface area contributed by atoms with Crippen LogP contribution in [0.25, 0.3) is 0 Å². The zero-order valence-corrected chi connectivity index (χ0v) is 15.8. The van der Waals surface area contributed by atoms with Gasteiger partial charge in [-0.05, 0) is 57.6 Å². The lowest BCUT2D eigenvalue weighted by Gasteiger charge is -2.41. The Kier molecular flexibility index (Phi) is 6.71. The van der Waals surface area contributed by atoms with Crippen molar-refractivity contribution in [3.63, 3.8) is 0 Å². The summed E-state index contributed by atoms with van der Waals surface area (Å²) in [5, 5.41) is 0. The molecule has 138 valence electrons. The number of carbonyl (C=O) groups excluding carboxylic acids is 2. The van der Waals surface area contributed by atoms with Crippen LogP contribution in [-0.2, 0) is 9.53 Å². The number of fused-ring (bicyclic) bond motifs is 1. The topological polar surface area (TPSA) is 59.5 Å². The molecule has 3 rings (SSSR count). The van der Waals surface area contributed by atoms with Crippen LogP contribution in [-0.4, -0.2) is 42.9 Å². The van der Waals surface area contributed by atoms with Crippen LogP contribution in [0.1, 0.15) is 56.8 Å². The molecule has 2 heterocycles. The average molecular weight is 346 g/mol. The number of pyridine rings is 1. The van der Waals surface area contributed by atoms with Gasteiger partial charge in [0.05, 0.1) is 5.60 Å². The Morgan fingerprint density at radius 1 is 1.24 bits per heavy atom. The quantitative estimate of drug-likeness (QED) is 0.767. The van der Waals surface area contributed by atoms with Gasteiger partial charge in [0.1, 0.15) is 11.6 Å². The van der Waals surface area contributed by atoms with Crippen LogP contribution in [0.5, 0.6) is 0 Å². The highest BCUT2D eigenvalue weighted by atomic mass is 16.5. The van der Waals surface area contributed by atoms with E-state index in [0.717, 1.165) is 50.9 Å². The summed E-state index contributed by atoms with van der Waals surface area (Å²) in [4.78, 5) is 28.7. The monoisotopic (exact) mass is 346 g/mol. The Labute approximate surface area is 150 Å². The van der Waals surface area contributed by atoms with Crippen LogP contribution in [0.4, 0.5) is 5.82 Å². The molecule has 2 fully saturated rings. The minimum absolute atomic E-state index is 0.0417. The fraction of sp³-hybridized carbons (Fsp3) is 0.650. The summed E-state index contributed by atoms with van der Waals surface area (Å²) in [6, 6.07) is 3.73. The van der Waals surface area contributed by atoms with Crippen molar-refractivity contribution in [1.29, 1.82) is 0 Å². The zero-order chi connectivity index (χ0) is 18.4. The minimum Gasteiger partial charge on any atom is -0.379 e. The van der Waals surface area contributed by atoms with E-state index in [-0.39, 0.29) is 5.60 Å². The molecule has 1 aliphatic carbocycles. The maximum Gasteiger partial charge on any atom is 0.151 e. The molecule has 25 heavy (non-hydrogen) atoms. The highest BCUT2D eigenvalue weighted by Crippen LogP contribution is 2.35. The predicted octanol–water partition coefficient (Wildman–Crippen LogP) is 3.52. The number of Topliss-reactive ketones (excluding diaryl/α,β-unsaturated/α-hetero) is 1. The summed E-state index contributed by atoms with van der Waals surface area (Å²) in [7, 11) is 1.71. The molecule has 0 radical (unpaired) electrons. The van der Waals surface area contributed by atoms with E-state index in [9.17, 15) is 9.59 Å². The lowest BCUT2D eigenvalue weighted by molar-refractivity contribution is -0.122. The molecule has 0 aromatic carbocycles. The lowest BCUT2D eigenvalue weighted by Crippen LogP contribution is -2.43. The number of nitrogens with zero attached hydrogens (tertiary/aromatic N) is 2. The van der Waals surface area contributed by atoms with Crippen molar-refractivity contribution in [2.75, 3.05) is 25.1 Å². The second-order valence-corrected chi connectivity index (χ2v) is 7.92. The van der Waals surface area contributed by atoms with Crippen molar-refractivity contribution >= 4 is 17.9 Å². The molecule has 0 bridgehead atoms. The number of ketones is 1. The molecule has 2 aliphatic rings. The smallest absolute Gasteiger partial charge is 0.151 e. The van der Waals surface area contributed by atoms with E-state index in [1.165, 1.54) is 0 Å². The minimum atomic E-state index is 0.0417. The van der Waals surface area contributed by atoms with E-state index in [0.29, 0.717) is 23.2 Å². The second kappa shape index (κ2) is 8.56. The lowest BCUT2D eigenvalue weighted by atomic mass is 9.74. The Hall–Kier alpha value is -1.75. The van der Waals surface area contributed by atoms with E-state index >= 15 is 0 Å². The van der Waals surface area contributed by atoms with Gasteiger partial charge in [-0.1, -0.05) is 0 Å². The molecule has 0 amide bonds. The van der Waals surface area contributed by atoms with Gasteiger partial charge in [0, 0.05) is 44.8 Å². The van der Waals surface area contributed by atoms with Gasteiger partial charge in [-0.3, -0.25) is 9.59 Å². The first kappa shape index (κ1) is 19.6. The Bertz CT molecular complexity index is 578. The largest absolute Gasteiger partial charge is 0.379 e. The van der Waals surface area contributed by atoms with Gasteiger partial charge in [0.2, 0.25) is 0 Å². The molecule has 0 spiro atoms. The van der Waals surface area contributed by atoms with E-state index in [1.54, 1.807) is 13.3 Å². The summed E-state index contributed by atoms with van der Waals surface area (Å²) >= 11 is 0. The summed E-state index contributed by atoms with van der Waals surface area (Å²) in [5.41, 5.74) is 0.655. The first-order chi connectivity index (χ1) is 11.8. The third-order valence-corrected chi connectivity index (χ3v) is 5.02. The zero-order valence-electron chi connectivity index (χ0n) is 15.8. The van der Waals surface area contributed by atoms with E-state index in [1.807, 2.05) is 32.9 Å². The molecule has 5 nitrogen and oxygen atoms in total. The van der Waals surface area contributed by atoms with Crippen molar-refractivity contribution in [1.82, 2.24) is 4.98 Å². The van der Waals surface area contributed by atoms with Crippen molar-refractivity contribution in [2.24, 2.45) is 11.8 Å². The first-order valence-electron chi connectivity index (χ1n) is 9.05. The number of methoxy groups -OCH3 is 1. The molecule has 2 atom stereocenters. The van der Waals surface area contributed by atoms with Gasteiger partial charge in [0.15, 0.2) is 6.29 Å². The molecule has 5 heteroatoms. The van der Waals surface area contributed by atoms with Crippen molar-refractivity contribution in [3.8, 4) is 0 Å². The molecule has 1 saturated carbocycles. The number of rotatable bonds is 2. The maximum absolute atomic E-state index is 11.5. The van der Waals surface area contributed by atoms with Crippen LogP contribution >= 0.6 is 0 Å². The molecule has 1 aliphatic heterocycles. The third kappa shape index (κ3) is 5.92. The Morgan fingerprint density at radius 2 is 1.96 bits per heavy atom. The number of aromatic nitrogens is 1. The number of hydrogen-bond donors (Lipinski definition) is 0. The van der Waals surface area contributed by atoms with Crippen molar-refractivity contribution < 1.29 is 14.3 Å². The average Bonchev–Trinajstić information content (AvgIpc) is 2.61. The molecular formula is C20H30N2O3. The van der Waals surface area contributed by atoms with Gasteiger partial charge in [-0.15, -0.1) is 0 Å². The van der Waals surface area contributed by atoms with Crippen molar-refractivity contribution in [3.05, 3.63) is 23.9 Å². The third-order valence-electron chi connectivity index (χ3n) is 5.02. The molecule has 0 N–H and O–H groups in total. The molecule has 2 unspecified atom stereocenters. The highest BCUT2D eigenvalue weighted by molar-refractivity contribution is 5.79. The van der Waals surface area contributed by atoms with Gasteiger partial charge < -0.3 is 9.64 Å². The van der Waals surface area contributed by atoms with Crippen LogP contribution in [0.2, 0.25) is 0 Å². The van der Waals surface area contributed by atoms with E-state index in [2.05, 4.69) is 9.88 Å². The van der Waals surface area contributed by atoms with Crippen LogP contribution < -0.4 is 4.90 Å². The number of anilines is 1. The fourth-order valence-corrected chi connectivity index (χ4v) is 3.28. The van der Waals surface area contributed by atoms with Gasteiger partial charge in [0.25, 0.3) is 0 Å². The normalized spacial score (nSPS) is 23.4. The van der Waals surface area contributed by atoms with Gasteiger partial charge in [-0.25, -0.2) is 4.98 Å². The van der Waals surface area contributed by atoms with Crippen LogP contribution in [0.15, 0.2) is 18.3 Å². The number of aldehydes is 1. The molecule has 1 saturated heterocycles. The SMILES string of the molecule is COC(C)(C)C.O=Cc1ccc(N2CCC3CC(=O)CCC3C2)nc1. The van der Waals surface area contributed by atoms with E-state index in [4.69, 9.17) is 4.74 Å². The highest BCUT2D eigenvalue weighted by Gasteiger charge is 2.34. The number of carbonyl (C=O) groups is 2. The summed E-state index contributed by atoms with van der Waals surface area (Å²) < 4.78 is 4.94. The van der Waals surface area contributed by atoms with Crippen LogP contribution in [0.3, 0.4) is 0 Å². The van der Waals surface area contributed by atoms with Gasteiger partial charge >= 0.3 is 0 Å². The summed E-state index contributed by atoms with van der Waals surface area (Å²) in [6.45, 7) is 8.01. The second-order valence-electron chi connectivity index (χ2n) is 7.92. The van der Waals surface area contributed by atoms with E-state index < -0.39 is 0 Å². The maximum atomic E-state index is 11.5. The number of piperidine rings is 1. The standard InChI is InChI=1S/C15H18N2O2.C5H12O/c18-10-11-1-4-15(16-8-11)17-6-5-12-7-14(19)3-2-13(12)9-17;1-5(2,3)6-4/h1,4,8,10,12-13H,2-3,5-7,9H2;1-4H3. The molecule has 1 aromatic heterocycles. The summed E-state index contributed by atoms with van der Waals surface area (Å²) in [5.74, 6) is 2.58. The number of hydrogen-bond acceptors (Lipinski definition) is 5. The predicted molar refractivity (Wildman–Crippen MR) is 99.1 cm³/mol. The number of ether oxygens (including phenoxy) is 1. The molecule has 1 aromatic rings. The first-order valence-corrected chi connectivity index (χ1v) is 9.05. The Morgan fingerprint density at radius 3 is 2.52 bits per heavy atom. The van der Waals surface area contributed by atoms with Gasteiger partial charge in [-0.2, -0.15) is 0 Å². The molecular weight excluding hydrogens is 316 g/mol. The van der Waals surface area contributed by atoms with Crippen molar-refractivity contribution in [2.45, 2.75) is 52.1 Å².